The zero-order valence-corrected chi connectivity index (χ0v) is 13.2. The van der Waals surface area contributed by atoms with Crippen molar-refractivity contribution in [1.29, 1.82) is 0 Å². The van der Waals surface area contributed by atoms with Crippen LogP contribution < -0.4 is 5.32 Å². The van der Waals surface area contributed by atoms with Crippen LogP contribution in [0.2, 0.25) is 0 Å². The minimum Gasteiger partial charge on any atom is -0.317 e. The van der Waals surface area contributed by atoms with Crippen LogP contribution in [0.3, 0.4) is 0 Å². The van der Waals surface area contributed by atoms with Gasteiger partial charge in [0.2, 0.25) is 0 Å². The molecule has 0 saturated heterocycles. The Kier molecular flexibility index (Phi) is 5.91. The van der Waals surface area contributed by atoms with Crippen LogP contribution in [0.5, 0.6) is 0 Å². The first kappa shape index (κ1) is 15.8. The van der Waals surface area contributed by atoms with Crippen molar-refractivity contribution in [3.63, 3.8) is 0 Å². The number of hydrogen-bond donors (Lipinski definition) is 1. The maximum Gasteiger partial charge on any atom is 0.00725 e. The summed E-state index contributed by atoms with van der Waals surface area (Å²) in [4.78, 5) is 0. The highest BCUT2D eigenvalue weighted by molar-refractivity contribution is 5.09. The van der Waals surface area contributed by atoms with Gasteiger partial charge < -0.3 is 5.32 Å². The number of rotatable bonds is 8. The summed E-state index contributed by atoms with van der Waals surface area (Å²) in [6, 6.07) is 0.630. The van der Waals surface area contributed by atoms with Gasteiger partial charge in [-0.05, 0) is 62.3 Å². The molecule has 0 amide bonds. The highest BCUT2D eigenvalue weighted by Crippen LogP contribution is 2.53. The molecule has 106 valence electrons. The quantitative estimate of drug-likeness (QED) is 0.632. The van der Waals surface area contributed by atoms with Crippen LogP contribution in [-0.4, -0.2) is 13.1 Å². The van der Waals surface area contributed by atoms with Crippen LogP contribution in [0.1, 0.15) is 47.5 Å². The fourth-order valence-electron chi connectivity index (χ4n) is 3.61. The smallest absolute Gasteiger partial charge is 0.00725 e. The first-order chi connectivity index (χ1) is 8.42. The van der Waals surface area contributed by atoms with Crippen molar-refractivity contribution in [2.75, 3.05) is 7.05 Å². The summed E-state index contributed by atoms with van der Waals surface area (Å²) in [7, 11) is 2.07. The van der Waals surface area contributed by atoms with E-state index in [9.17, 15) is 0 Å². The molecule has 1 rings (SSSR count). The molecule has 18 heavy (non-hydrogen) atoms. The van der Waals surface area contributed by atoms with Gasteiger partial charge in [-0.3, -0.25) is 0 Å². The second-order valence-electron chi connectivity index (χ2n) is 6.95. The summed E-state index contributed by atoms with van der Waals surface area (Å²) < 4.78 is 0. The molecule has 6 unspecified atom stereocenters. The van der Waals surface area contributed by atoms with Crippen LogP contribution in [0, 0.1) is 35.5 Å². The Morgan fingerprint density at radius 3 is 2.17 bits per heavy atom. The largest absolute Gasteiger partial charge is 0.317 e. The van der Waals surface area contributed by atoms with E-state index in [-0.39, 0.29) is 0 Å². The van der Waals surface area contributed by atoms with E-state index in [1.54, 1.807) is 0 Å². The van der Waals surface area contributed by atoms with E-state index in [0.717, 1.165) is 35.5 Å². The summed E-state index contributed by atoms with van der Waals surface area (Å²) in [5.41, 5.74) is 0. The highest BCUT2D eigenvalue weighted by atomic mass is 14.9. The molecule has 6 atom stereocenters. The fraction of sp³-hybridized carbons (Fsp3) is 0.882. The molecule has 1 aliphatic carbocycles. The predicted octanol–water partition coefficient (Wildman–Crippen LogP) is 4.35. The van der Waals surface area contributed by atoms with Gasteiger partial charge in [0.1, 0.15) is 0 Å². The van der Waals surface area contributed by atoms with Crippen LogP contribution in [-0.2, 0) is 0 Å². The molecule has 1 heteroatoms. The lowest BCUT2D eigenvalue weighted by molar-refractivity contribution is 0.289. The molecule has 0 aromatic carbocycles. The van der Waals surface area contributed by atoms with E-state index >= 15 is 0 Å². The molecule has 0 heterocycles. The summed E-state index contributed by atoms with van der Waals surface area (Å²) in [6.45, 7) is 15.8. The van der Waals surface area contributed by atoms with Crippen LogP contribution in [0.25, 0.3) is 0 Å². The molecule has 1 N–H and O–H groups in total. The Morgan fingerprint density at radius 2 is 1.72 bits per heavy atom. The van der Waals surface area contributed by atoms with Gasteiger partial charge in [-0.2, -0.15) is 0 Å². The Bertz CT molecular complexity index is 258. The molecule has 0 aliphatic heterocycles. The molecule has 0 radical (unpaired) electrons. The van der Waals surface area contributed by atoms with E-state index in [2.05, 4.69) is 59.6 Å². The van der Waals surface area contributed by atoms with E-state index in [0.29, 0.717) is 6.04 Å². The first-order valence-electron chi connectivity index (χ1n) is 7.72. The van der Waals surface area contributed by atoms with Gasteiger partial charge in [0, 0.05) is 6.04 Å². The maximum absolute atomic E-state index is 4.01. The minimum atomic E-state index is 0.630. The van der Waals surface area contributed by atoms with Gasteiger partial charge >= 0.3 is 0 Å². The van der Waals surface area contributed by atoms with Crippen molar-refractivity contribution in [3.8, 4) is 0 Å². The van der Waals surface area contributed by atoms with Crippen LogP contribution in [0.4, 0.5) is 0 Å². The maximum atomic E-state index is 4.01. The van der Waals surface area contributed by atoms with Crippen molar-refractivity contribution < 1.29 is 0 Å². The third-order valence-corrected chi connectivity index (χ3v) is 5.06. The molecular weight excluding hydrogens is 218 g/mol. The van der Waals surface area contributed by atoms with Gasteiger partial charge in [-0.15, -0.1) is 6.58 Å². The van der Waals surface area contributed by atoms with E-state index in [4.69, 9.17) is 0 Å². The molecule has 1 saturated carbocycles. The number of nitrogens with one attached hydrogen (secondary N) is 1. The second kappa shape index (κ2) is 6.75. The fourth-order valence-corrected chi connectivity index (χ4v) is 3.61. The van der Waals surface area contributed by atoms with Crippen molar-refractivity contribution in [2.45, 2.75) is 53.5 Å². The van der Waals surface area contributed by atoms with E-state index < -0.39 is 0 Å². The predicted molar refractivity (Wildman–Crippen MR) is 81.6 cm³/mol. The summed E-state index contributed by atoms with van der Waals surface area (Å²) in [6.07, 6.45) is 4.92. The van der Waals surface area contributed by atoms with Gasteiger partial charge in [-0.25, -0.2) is 0 Å². The third-order valence-electron chi connectivity index (χ3n) is 5.06. The van der Waals surface area contributed by atoms with Crippen molar-refractivity contribution in [1.82, 2.24) is 5.32 Å². The van der Waals surface area contributed by atoms with Crippen molar-refractivity contribution in [2.24, 2.45) is 35.5 Å². The highest BCUT2D eigenvalue weighted by Gasteiger charge is 2.50. The Balaban J connectivity index is 2.45. The minimum absolute atomic E-state index is 0.630. The lowest BCUT2D eigenvalue weighted by atomic mass is 9.84. The van der Waals surface area contributed by atoms with Crippen LogP contribution in [0.15, 0.2) is 12.7 Å². The van der Waals surface area contributed by atoms with Gasteiger partial charge in [0.05, 0.1) is 0 Å². The van der Waals surface area contributed by atoms with Gasteiger partial charge in [0.25, 0.3) is 0 Å². The molecule has 1 fully saturated rings. The van der Waals surface area contributed by atoms with Gasteiger partial charge in [0.15, 0.2) is 0 Å². The summed E-state index contributed by atoms with van der Waals surface area (Å²) in [5, 5.41) is 3.41. The van der Waals surface area contributed by atoms with E-state index in [1.807, 2.05) is 0 Å². The Hall–Kier alpha value is -0.300. The van der Waals surface area contributed by atoms with E-state index in [1.165, 1.54) is 12.8 Å². The topological polar surface area (TPSA) is 12.0 Å². The molecule has 0 bridgehead atoms. The van der Waals surface area contributed by atoms with Crippen molar-refractivity contribution in [3.05, 3.63) is 12.7 Å². The number of hydrogen-bond acceptors (Lipinski definition) is 1. The molecular formula is C17H33N. The number of allylic oxidation sites excluding steroid dienone is 1. The lowest BCUT2D eigenvalue weighted by Crippen LogP contribution is -2.25. The monoisotopic (exact) mass is 251 g/mol. The molecule has 0 spiro atoms. The van der Waals surface area contributed by atoms with Crippen molar-refractivity contribution >= 4 is 0 Å². The second-order valence-corrected chi connectivity index (χ2v) is 6.95. The van der Waals surface area contributed by atoms with Gasteiger partial charge in [-0.1, -0.05) is 33.8 Å². The zero-order valence-electron chi connectivity index (χ0n) is 13.2. The zero-order chi connectivity index (χ0) is 13.9. The summed E-state index contributed by atoms with van der Waals surface area (Å²) >= 11 is 0. The Labute approximate surface area is 114 Å². The average Bonchev–Trinajstić information content (AvgIpc) is 3.00. The molecule has 1 aliphatic rings. The summed E-state index contributed by atoms with van der Waals surface area (Å²) in [5.74, 6) is 4.95. The van der Waals surface area contributed by atoms with Crippen LogP contribution >= 0.6 is 0 Å². The molecule has 0 aromatic rings. The molecule has 1 nitrogen and oxygen atoms in total. The molecule has 0 aromatic heterocycles. The SMILES string of the molecule is C=CC1C(CC(C)C(C)CC(C)C)C1C(C)NC. The normalized spacial score (nSPS) is 32.1. The Morgan fingerprint density at radius 1 is 1.11 bits per heavy atom. The first-order valence-corrected chi connectivity index (χ1v) is 7.72. The average molecular weight is 251 g/mol. The third kappa shape index (κ3) is 3.85. The standard InChI is InChI=1S/C17H33N/c1-8-15-16(17(15)14(6)18-7)10-13(5)12(4)9-11(2)3/h8,11-18H,1,9-10H2,2-7H3. The lowest BCUT2D eigenvalue weighted by Gasteiger charge is -2.22.